The number of carbonyl (C=O) groups is 2. The smallest absolute Gasteiger partial charge is 0.323 e. The molecule has 3 aromatic rings. The minimum absolute atomic E-state index is 0.0201. The lowest BCUT2D eigenvalue weighted by Crippen LogP contribution is -2.54. The SMILES string of the molecule is COC(=O)[C@@H](C)NS(=O)(=O)N1CCN(c2ccc(C#Cc3cc(C(=O)NCc4ccccc4)c(=O)n(C)c3)cc2)CC1. The van der Waals surface area contributed by atoms with Crippen LogP contribution in [0.2, 0.25) is 0 Å². The fraction of sp³-hybridized carbons (Fsp3) is 0.300. The number of benzene rings is 2. The van der Waals surface area contributed by atoms with Gasteiger partial charge in [-0.25, -0.2) is 0 Å². The average Bonchev–Trinajstić information content (AvgIpc) is 3.00. The second-order valence-corrected chi connectivity index (χ2v) is 11.5. The van der Waals surface area contributed by atoms with E-state index in [-0.39, 0.29) is 18.7 Å². The van der Waals surface area contributed by atoms with Crippen LogP contribution in [0.25, 0.3) is 0 Å². The van der Waals surface area contributed by atoms with E-state index in [1.807, 2.05) is 54.6 Å². The van der Waals surface area contributed by atoms with Gasteiger partial charge in [0.1, 0.15) is 11.6 Å². The first-order valence-electron chi connectivity index (χ1n) is 13.3. The maximum absolute atomic E-state index is 12.7. The number of esters is 1. The normalized spacial score (nSPS) is 14.4. The molecular formula is C30H33N5O6S. The number of hydrogen-bond acceptors (Lipinski definition) is 7. The molecule has 1 fully saturated rings. The Morgan fingerprint density at radius 2 is 1.62 bits per heavy atom. The lowest BCUT2D eigenvalue weighted by molar-refractivity contribution is -0.142. The second-order valence-electron chi connectivity index (χ2n) is 9.78. The van der Waals surface area contributed by atoms with Crippen LogP contribution >= 0.6 is 0 Å². The summed E-state index contributed by atoms with van der Waals surface area (Å²) in [6, 6.07) is 17.5. The molecule has 1 aliphatic rings. The Labute approximate surface area is 245 Å². The van der Waals surface area contributed by atoms with Crippen molar-refractivity contribution in [3.8, 4) is 11.8 Å². The van der Waals surface area contributed by atoms with Crippen molar-refractivity contribution in [2.24, 2.45) is 7.05 Å². The molecule has 0 spiro atoms. The summed E-state index contributed by atoms with van der Waals surface area (Å²) in [6.45, 7) is 3.22. The van der Waals surface area contributed by atoms with Gasteiger partial charge < -0.3 is 19.5 Å². The zero-order valence-corrected chi connectivity index (χ0v) is 24.5. The topological polar surface area (TPSA) is 130 Å². The first kappa shape index (κ1) is 30.5. The van der Waals surface area contributed by atoms with Crippen LogP contribution < -0.4 is 20.5 Å². The predicted octanol–water partition coefficient (Wildman–Crippen LogP) is 1.23. The summed E-state index contributed by atoms with van der Waals surface area (Å²) in [7, 11) is -1.04. The zero-order chi connectivity index (χ0) is 30.3. The molecule has 1 saturated heterocycles. The molecule has 0 aliphatic carbocycles. The van der Waals surface area contributed by atoms with Gasteiger partial charge in [-0.2, -0.15) is 17.4 Å². The summed E-state index contributed by atoms with van der Waals surface area (Å²) in [5.74, 6) is 4.99. The number of aryl methyl sites for hydroxylation is 1. The van der Waals surface area contributed by atoms with E-state index in [0.29, 0.717) is 25.2 Å². The number of piperazine rings is 1. The minimum atomic E-state index is -3.82. The molecule has 1 aliphatic heterocycles. The van der Waals surface area contributed by atoms with Crippen LogP contribution in [-0.4, -0.2) is 68.5 Å². The van der Waals surface area contributed by atoms with E-state index < -0.39 is 33.7 Å². The molecule has 2 heterocycles. The van der Waals surface area contributed by atoms with Gasteiger partial charge >= 0.3 is 5.97 Å². The molecule has 1 aromatic heterocycles. The summed E-state index contributed by atoms with van der Waals surface area (Å²) in [5, 5.41) is 2.78. The summed E-state index contributed by atoms with van der Waals surface area (Å²) >= 11 is 0. The lowest BCUT2D eigenvalue weighted by atomic mass is 10.1. The molecule has 220 valence electrons. The van der Waals surface area contributed by atoms with Crippen LogP contribution in [0.15, 0.2) is 71.7 Å². The van der Waals surface area contributed by atoms with Gasteiger partial charge in [-0.05, 0) is 42.8 Å². The molecule has 12 heteroatoms. The Hall–Kier alpha value is -4.44. The van der Waals surface area contributed by atoms with Crippen molar-refractivity contribution < 1.29 is 22.7 Å². The largest absolute Gasteiger partial charge is 0.468 e. The maximum Gasteiger partial charge on any atom is 0.323 e. The van der Waals surface area contributed by atoms with Crippen molar-refractivity contribution in [3.63, 3.8) is 0 Å². The highest BCUT2D eigenvalue weighted by atomic mass is 32.2. The van der Waals surface area contributed by atoms with Gasteiger partial charge in [-0.15, -0.1) is 0 Å². The molecule has 1 atom stereocenters. The Morgan fingerprint density at radius 1 is 0.976 bits per heavy atom. The number of rotatable bonds is 8. The van der Waals surface area contributed by atoms with Crippen LogP contribution in [0.3, 0.4) is 0 Å². The number of aromatic nitrogens is 1. The molecule has 2 aromatic carbocycles. The fourth-order valence-electron chi connectivity index (χ4n) is 4.43. The molecule has 4 rings (SSSR count). The summed E-state index contributed by atoms with van der Waals surface area (Å²) in [4.78, 5) is 39.0. The van der Waals surface area contributed by atoms with Crippen LogP contribution in [-0.2, 0) is 33.3 Å². The number of carbonyl (C=O) groups excluding carboxylic acids is 2. The van der Waals surface area contributed by atoms with E-state index in [9.17, 15) is 22.8 Å². The molecule has 2 N–H and O–H groups in total. The van der Waals surface area contributed by atoms with E-state index in [1.54, 1.807) is 13.2 Å². The van der Waals surface area contributed by atoms with Crippen molar-refractivity contribution in [3.05, 3.63) is 99.5 Å². The summed E-state index contributed by atoms with van der Waals surface area (Å²) in [6.07, 6.45) is 1.59. The molecule has 42 heavy (non-hydrogen) atoms. The molecule has 1 amide bonds. The lowest BCUT2D eigenvalue weighted by Gasteiger charge is -2.35. The van der Waals surface area contributed by atoms with Crippen molar-refractivity contribution in [1.29, 1.82) is 0 Å². The van der Waals surface area contributed by atoms with Gasteiger partial charge in [0.25, 0.3) is 21.7 Å². The average molecular weight is 592 g/mol. The van der Waals surface area contributed by atoms with E-state index in [1.165, 1.54) is 29.0 Å². The number of methoxy groups -OCH3 is 1. The third-order valence-electron chi connectivity index (χ3n) is 6.77. The van der Waals surface area contributed by atoms with Gasteiger partial charge in [-0.3, -0.25) is 14.4 Å². The van der Waals surface area contributed by atoms with Crippen LogP contribution in [0.5, 0.6) is 0 Å². The number of nitrogens with zero attached hydrogens (tertiary/aromatic N) is 3. The number of amides is 1. The van der Waals surface area contributed by atoms with Gasteiger partial charge in [0.05, 0.1) is 7.11 Å². The highest BCUT2D eigenvalue weighted by Gasteiger charge is 2.30. The Morgan fingerprint density at radius 3 is 2.26 bits per heavy atom. The molecular weight excluding hydrogens is 558 g/mol. The molecule has 0 bridgehead atoms. The monoisotopic (exact) mass is 591 g/mol. The van der Waals surface area contributed by atoms with Crippen molar-refractivity contribution in [2.45, 2.75) is 19.5 Å². The Balaban J connectivity index is 1.38. The number of pyridine rings is 1. The molecule has 0 unspecified atom stereocenters. The van der Waals surface area contributed by atoms with Gasteiger partial charge in [0.15, 0.2) is 0 Å². The van der Waals surface area contributed by atoms with Crippen LogP contribution in [0.1, 0.15) is 34.0 Å². The highest BCUT2D eigenvalue weighted by molar-refractivity contribution is 7.87. The zero-order valence-electron chi connectivity index (χ0n) is 23.7. The maximum atomic E-state index is 12.7. The van der Waals surface area contributed by atoms with Crippen LogP contribution in [0.4, 0.5) is 5.69 Å². The van der Waals surface area contributed by atoms with Crippen molar-refractivity contribution >= 4 is 27.8 Å². The standard InChI is InChI=1S/C30H33N5O6S/c1-22(30(38)41-3)32-42(39,40)35-17-15-34(16-18-35)26-13-11-23(12-14-26)9-10-25-19-27(29(37)33(2)21-25)28(36)31-20-24-7-5-4-6-8-24/h4-8,11-14,19,21-22,32H,15-18,20H2,1-3H3,(H,31,36)/t22-/m1/s1. The number of hydrogen-bond donors (Lipinski definition) is 2. The number of anilines is 1. The van der Waals surface area contributed by atoms with Gasteiger partial charge in [0, 0.05) is 62.8 Å². The fourth-order valence-corrected chi connectivity index (χ4v) is 5.76. The molecule has 0 saturated carbocycles. The second kappa shape index (κ2) is 13.5. The minimum Gasteiger partial charge on any atom is -0.468 e. The number of nitrogens with one attached hydrogen (secondary N) is 2. The molecule has 11 nitrogen and oxygen atoms in total. The molecule has 0 radical (unpaired) electrons. The third kappa shape index (κ3) is 7.64. The highest BCUT2D eigenvalue weighted by Crippen LogP contribution is 2.18. The van der Waals surface area contributed by atoms with Crippen LogP contribution in [0, 0.1) is 11.8 Å². The van der Waals surface area contributed by atoms with E-state index in [2.05, 4.69) is 31.5 Å². The van der Waals surface area contributed by atoms with E-state index >= 15 is 0 Å². The Bertz CT molecular complexity index is 1650. The van der Waals surface area contributed by atoms with Gasteiger partial charge in [-0.1, -0.05) is 42.2 Å². The van der Waals surface area contributed by atoms with E-state index in [4.69, 9.17) is 0 Å². The van der Waals surface area contributed by atoms with Crippen molar-refractivity contribution in [1.82, 2.24) is 18.9 Å². The third-order valence-corrected chi connectivity index (χ3v) is 8.46. The van der Waals surface area contributed by atoms with Gasteiger partial charge in [0.2, 0.25) is 0 Å². The Kier molecular flexibility index (Phi) is 9.80. The quantitative estimate of drug-likeness (QED) is 0.298. The first-order valence-corrected chi connectivity index (χ1v) is 14.8. The van der Waals surface area contributed by atoms with E-state index in [0.717, 1.165) is 16.8 Å². The summed E-state index contributed by atoms with van der Waals surface area (Å²) in [5.41, 5.74) is 2.73. The first-order chi connectivity index (χ1) is 20.1. The predicted molar refractivity (Wildman–Crippen MR) is 159 cm³/mol. The number of ether oxygens (including phenoxy) is 1. The summed E-state index contributed by atoms with van der Waals surface area (Å²) < 4.78 is 34.8. The van der Waals surface area contributed by atoms with Crippen molar-refractivity contribution in [2.75, 3.05) is 38.2 Å².